The number of carbonyl (C=O) groups excluding carboxylic acids is 1. The molecule has 0 spiro atoms. The summed E-state index contributed by atoms with van der Waals surface area (Å²) in [6.45, 7) is 12.7. The fraction of sp³-hybridized carbons (Fsp3) is 0.431. The zero-order chi connectivity index (χ0) is 53.8. The van der Waals surface area contributed by atoms with E-state index >= 15 is 0 Å². The molecule has 2 aliphatic heterocycles. The van der Waals surface area contributed by atoms with Gasteiger partial charge in [0.1, 0.15) is 28.7 Å². The summed E-state index contributed by atoms with van der Waals surface area (Å²) in [6.07, 6.45) is 13.3. The first-order valence-electron chi connectivity index (χ1n) is 27.6. The molecule has 76 heavy (non-hydrogen) atoms. The van der Waals surface area contributed by atoms with E-state index in [0.717, 1.165) is 87.3 Å². The first kappa shape index (κ1) is 54.2. The van der Waals surface area contributed by atoms with Gasteiger partial charge in [-0.3, -0.25) is 4.79 Å². The summed E-state index contributed by atoms with van der Waals surface area (Å²) >= 11 is 0. The normalized spacial score (nSPS) is 15.9. The molecule has 2 unspecified atom stereocenters. The van der Waals surface area contributed by atoms with Crippen LogP contribution in [0.2, 0.25) is 0 Å². The van der Waals surface area contributed by atoms with E-state index < -0.39 is 22.8 Å². The van der Waals surface area contributed by atoms with Gasteiger partial charge >= 0.3 is 12.1 Å². The summed E-state index contributed by atoms with van der Waals surface area (Å²) in [5, 5.41) is 1.62. The number of nitrogens with zero attached hydrogens (tertiary/aromatic N) is 2. The van der Waals surface area contributed by atoms with Crippen molar-refractivity contribution in [2.24, 2.45) is 11.8 Å². The number of rotatable bonds is 22. The molecular formula is C65H75F3N2O6. The largest absolute Gasteiger partial charge is 0.497 e. The van der Waals surface area contributed by atoms with E-state index in [2.05, 4.69) is 48.8 Å². The molecule has 9 rings (SSSR count). The molecule has 6 aromatic rings. The maximum Gasteiger partial charge on any atom is 0.416 e. The van der Waals surface area contributed by atoms with Gasteiger partial charge in [0.15, 0.2) is 5.60 Å². The van der Waals surface area contributed by atoms with E-state index in [9.17, 15) is 18.0 Å². The summed E-state index contributed by atoms with van der Waals surface area (Å²) in [6, 6.07) is 31.7. The van der Waals surface area contributed by atoms with Crippen molar-refractivity contribution in [3.63, 3.8) is 0 Å². The quantitative estimate of drug-likeness (QED) is 0.0378. The van der Waals surface area contributed by atoms with Gasteiger partial charge in [0.2, 0.25) is 0 Å². The minimum atomic E-state index is -4.52. The molecule has 0 bridgehead atoms. The Morgan fingerprint density at radius 2 is 1.29 bits per heavy atom. The van der Waals surface area contributed by atoms with Crippen LogP contribution in [0.15, 0.2) is 109 Å². The second-order valence-electron chi connectivity index (χ2n) is 21.6. The van der Waals surface area contributed by atoms with Crippen LogP contribution in [0.4, 0.5) is 24.5 Å². The van der Waals surface area contributed by atoms with Gasteiger partial charge in [-0.2, -0.15) is 13.2 Å². The topological polar surface area (TPSA) is 69.7 Å². The molecule has 2 heterocycles. The predicted octanol–water partition coefficient (Wildman–Crippen LogP) is 16.7. The van der Waals surface area contributed by atoms with Gasteiger partial charge in [-0.1, -0.05) is 135 Å². The second-order valence-corrected chi connectivity index (χ2v) is 21.6. The average molecular weight is 1040 g/mol. The number of hydrogen-bond donors (Lipinski definition) is 0. The van der Waals surface area contributed by atoms with Crippen LogP contribution in [-0.4, -0.2) is 47.1 Å². The fourth-order valence-corrected chi connectivity index (χ4v) is 12.3. The third kappa shape index (κ3) is 10.9. The maximum atomic E-state index is 14.5. The van der Waals surface area contributed by atoms with E-state index in [4.69, 9.17) is 23.7 Å². The molecule has 1 saturated heterocycles. The van der Waals surface area contributed by atoms with Crippen LogP contribution in [0, 0.1) is 11.8 Å². The number of unbranched alkanes of at least 4 members (excludes halogenated alkanes) is 2. The lowest BCUT2D eigenvalue weighted by molar-refractivity contribution is -0.137. The lowest BCUT2D eigenvalue weighted by atomic mass is 9.76. The van der Waals surface area contributed by atoms with E-state index in [-0.39, 0.29) is 5.97 Å². The monoisotopic (exact) mass is 1040 g/mol. The van der Waals surface area contributed by atoms with Gasteiger partial charge in [-0.05, 0) is 125 Å². The Morgan fingerprint density at radius 1 is 0.671 bits per heavy atom. The number of alkyl halides is 3. The standard InChI is InChI=1S/C65H75F3N2O6/c1-9-12-13-16-43(14-10-2)17-18-44(15-11-3)19-34-59(71)75-51-31-25-48(26-32-51)69-37-38-70(42-69)57-40-54-55(41-58(57)74-8)62-53(61-60(54)52-33-24-47(65(66,67)68)39-56(52)63(61,4)5)35-36-64(76-62,45-20-27-49(72-6)28-21-45)46-22-29-50(73-7)30-23-46/h20-33,35-36,39-41,43-44H,9-19,34,37-38,42H2,1-8H3. The summed E-state index contributed by atoms with van der Waals surface area (Å²) < 4.78 is 74.3. The van der Waals surface area contributed by atoms with E-state index in [1.165, 1.54) is 63.5 Å². The highest BCUT2D eigenvalue weighted by Gasteiger charge is 2.46. The zero-order valence-corrected chi connectivity index (χ0v) is 45.7. The average Bonchev–Trinajstić information content (AvgIpc) is 4.01. The Hall–Kier alpha value is -6.62. The molecule has 0 saturated carbocycles. The van der Waals surface area contributed by atoms with Crippen molar-refractivity contribution < 1.29 is 41.7 Å². The second kappa shape index (κ2) is 22.9. The summed E-state index contributed by atoms with van der Waals surface area (Å²) in [5.41, 5.74) is 4.84. The molecule has 11 heteroatoms. The molecule has 0 N–H and O–H groups in total. The minimum Gasteiger partial charge on any atom is -0.497 e. The Bertz CT molecular complexity index is 2970. The molecule has 1 fully saturated rings. The fourth-order valence-electron chi connectivity index (χ4n) is 12.3. The highest BCUT2D eigenvalue weighted by molar-refractivity contribution is 6.10. The lowest BCUT2D eigenvalue weighted by Gasteiger charge is -2.38. The number of carbonyl (C=O) groups is 1. The van der Waals surface area contributed by atoms with Gasteiger partial charge in [-0.15, -0.1) is 0 Å². The number of halogens is 3. The lowest BCUT2D eigenvalue weighted by Crippen LogP contribution is -2.35. The third-order valence-electron chi connectivity index (χ3n) is 16.4. The number of ether oxygens (including phenoxy) is 5. The zero-order valence-electron chi connectivity index (χ0n) is 45.7. The Kier molecular flexibility index (Phi) is 16.3. The van der Waals surface area contributed by atoms with Crippen LogP contribution < -0.4 is 33.5 Å². The molecule has 0 amide bonds. The van der Waals surface area contributed by atoms with Gasteiger partial charge in [-0.25, -0.2) is 0 Å². The van der Waals surface area contributed by atoms with Crippen LogP contribution in [0.3, 0.4) is 0 Å². The third-order valence-corrected chi connectivity index (χ3v) is 16.4. The maximum absolute atomic E-state index is 14.5. The van der Waals surface area contributed by atoms with Crippen LogP contribution in [-0.2, 0) is 22.0 Å². The first-order valence-corrected chi connectivity index (χ1v) is 27.6. The molecule has 3 aliphatic rings. The van der Waals surface area contributed by atoms with Crippen molar-refractivity contribution in [2.45, 2.75) is 129 Å². The van der Waals surface area contributed by atoms with Crippen molar-refractivity contribution in [3.05, 3.63) is 143 Å². The Labute approximate surface area is 448 Å². The van der Waals surface area contributed by atoms with E-state index in [1.54, 1.807) is 27.4 Å². The number of benzene rings is 6. The van der Waals surface area contributed by atoms with Gasteiger partial charge in [0.05, 0.1) is 39.2 Å². The van der Waals surface area contributed by atoms with Gasteiger partial charge in [0, 0.05) is 52.7 Å². The van der Waals surface area contributed by atoms with Crippen LogP contribution in [0.25, 0.3) is 28.0 Å². The molecule has 2 atom stereocenters. The number of fused-ring (bicyclic) bond motifs is 8. The summed E-state index contributed by atoms with van der Waals surface area (Å²) in [5.74, 6) is 4.30. The molecule has 0 aromatic heterocycles. The Balaban J connectivity index is 1.02. The number of esters is 1. The first-order chi connectivity index (χ1) is 36.7. The summed E-state index contributed by atoms with van der Waals surface area (Å²) in [7, 11) is 4.93. The summed E-state index contributed by atoms with van der Waals surface area (Å²) in [4.78, 5) is 17.8. The highest BCUT2D eigenvalue weighted by Crippen LogP contribution is 2.60. The van der Waals surface area contributed by atoms with Crippen molar-refractivity contribution in [2.75, 3.05) is 50.9 Å². The molecular weight excluding hydrogens is 962 g/mol. The Morgan fingerprint density at radius 3 is 1.88 bits per heavy atom. The smallest absolute Gasteiger partial charge is 0.416 e. The molecule has 8 nitrogen and oxygen atoms in total. The van der Waals surface area contributed by atoms with Crippen LogP contribution in [0.1, 0.15) is 145 Å². The minimum absolute atomic E-state index is 0.189. The van der Waals surface area contributed by atoms with Crippen LogP contribution >= 0.6 is 0 Å². The predicted molar refractivity (Wildman–Crippen MR) is 301 cm³/mol. The van der Waals surface area contributed by atoms with Crippen molar-refractivity contribution in [1.29, 1.82) is 0 Å². The van der Waals surface area contributed by atoms with Crippen molar-refractivity contribution in [1.82, 2.24) is 0 Å². The number of hydrogen-bond acceptors (Lipinski definition) is 8. The highest BCUT2D eigenvalue weighted by atomic mass is 19.4. The van der Waals surface area contributed by atoms with Crippen LogP contribution in [0.5, 0.6) is 28.7 Å². The SMILES string of the molecule is CCCCCC(CCC)CCC(CCC)CCC(=O)Oc1ccc(N2CCN(c3cc4c5c(c6c(c4cc3OC)OC(c3ccc(OC)cc3)(c3ccc(OC)cc3)C=C6)C(C)(C)c3cc(C(F)(F)F)ccc3-5)C2)cc1. The molecule has 6 aromatic carbocycles. The molecule has 0 radical (unpaired) electrons. The molecule has 402 valence electrons. The van der Waals surface area contributed by atoms with Gasteiger partial charge < -0.3 is 33.5 Å². The number of anilines is 2. The molecule has 1 aliphatic carbocycles. The van der Waals surface area contributed by atoms with Gasteiger partial charge in [0.25, 0.3) is 0 Å². The van der Waals surface area contributed by atoms with E-state index in [1.807, 2.05) is 92.7 Å². The van der Waals surface area contributed by atoms with E-state index in [0.29, 0.717) is 59.9 Å². The van der Waals surface area contributed by atoms with Crippen molar-refractivity contribution >= 4 is 34.2 Å². The van der Waals surface area contributed by atoms with Crippen molar-refractivity contribution in [3.8, 4) is 39.9 Å². The number of methoxy groups -OCH3 is 3.